The number of nitro benzene ring substituents is 1. The molecule has 0 saturated carbocycles. The Bertz CT molecular complexity index is 536. The zero-order valence-electron chi connectivity index (χ0n) is 12.7. The summed E-state index contributed by atoms with van der Waals surface area (Å²) in [5, 5.41) is 10.9. The third kappa shape index (κ3) is 3.23. The molecule has 1 aromatic carbocycles. The molecule has 0 fully saturated rings. The van der Waals surface area contributed by atoms with Gasteiger partial charge in [-0.2, -0.15) is 0 Å². The van der Waals surface area contributed by atoms with Crippen molar-refractivity contribution in [2.75, 3.05) is 13.1 Å². The van der Waals surface area contributed by atoms with Crippen molar-refractivity contribution in [1.29, 1.82) is 0 Å². The average Bonchev–Trinajstić information content (AvgIpc) is 2.89. The molecule has 1 aliphatic rings. The Morgan fingerprint density at radius 3 is 2.57 bits per heavy atom. The molecule has 1 amide bonds. The number of amides is 1. The summed E-state index contributed by atoms with van der Waals surface area (Å²) in [6.07, 6.45) is 3.45. The fourth-order valence-corrected chi connectivity index (χ4v) is 3.05. The smallest absolute Gasteiger partial charge is 0.269 e. The van der Waals surface area contributed by atoms with Gasteiger partial charge in [0.05, 0.1) is 10.8 Å². The molecule has 114 valence electrons. The molecule has 0 N–H and O–H groups in total. The molecule has 1 atom stereocenters. The lowest BCUT2D eigenvalue weighted by atomic mass is 9.99. The molecule has 5 heteroatoms. The average molecular weight is 290 g/mol. The molecule has 2 rings (SSSR count). The Balaban J connectivity index is 2.25. The van der Waals surface area contributed by atoms with Crippen LogP contribution in [0.3, 0.4) is 0 Å². The van der Waals surface area contributed by atoms with Gasteiger partial charge in [-0.25, -0.2) is 0 Å². The van der Waals surface area contributed by atoms with Gasteiger partial charge in [0.25, 0.3) is 5.69 Å². The Labute approximate surface area is 125 Å². The maximum atomic E-state index is 12.7. The van der Waals surface area contributed by atoms with E-state index < -0.39 is 4.92 Å². The summed E-state index contributed by atoms with van der Waals surface area (Å²) in [7, 11) is 0. The molecule has 1 aromatic rings. The highest BCUT2D eigenvalue weighted by Crippen LogP contribution is 2.36. The number of aryl methyl sites for hydroxylation is 1. The van der Waals surface area contributed by atoms with E-state index in [2.05, 4.69) is 13.8 Å². The van der Waals surface area contributed by atoms with Gasteiger partial charge < -0.3 is 4.90 Å². The van der Waals surface area contributed by atoms with Gasteiger partial charge in [-0.15, -0.1) is 0 Å². The van der Waals surface area contributed by atoms with E-state index >= 15 is 0 Å². The molecule has 1 aliphatic carbocycles. The van der Waals surface area contributed by atoms with E-state index in [0.717, 1.165) is 49.9 Å². The number of non-ortho nitro benzene ring substituents is 1. The Kier molecular flexibility index (Phi) is 4.94. The number of fused-ring (bicyclic) bond motifs is 1. The molecule has 0 radical (unpaired) electrons. The normalized spacial score (nSPS) is 16.6. The highest BCUT2D eigenvalue weighted by atomic mass is 16.6. The number of nitro groups is 1. The molecule has 0 aliphatic heterocycles. The second-order valence-electron chi connectivity index (χ2n) is 5.56. The number of benzene rings is 1. The minimum atomic E-state index is -0.393. The molecular weight excluding hydrogens is 268 g/mol. The lowest BCUT2D eigenvalue weighted by Gasteiger charge is -2.25. The lowest BCUT2D eigenvalue weighted by Crippen LogP contribution is -2.35. The number of nitrogens with zero attached hydrogens (tertiary/aromatic N) is 2. The molecule has 0 spiro atoms. The monoisotopic (exact) mass is 290 g/mol. The Hall–Kier alpha value is -1.91. The van der Waals surface area contributed by atoms with Gasteiger partial charge in [-0.1, -0.05) is 19.9 Å². The van der Waals surface area contributed by atoms with Crippen LogP contribution >= 0.6 is 0 Å². The first-order valence-electron chi connectivity index (χ1n) is 7.64. The van der Waals surface area contributed by atoms with Gasteiger partial charge in [0.15, 0.2) is 0 Å². The molecule has 1 unspecified atom stereocenters. The fourth-order valence-electron chi connectivity index (χ4n) is 3.05. The van der Waals surface area contributed by atoms with Crippen LogP contribution in [0.1, 0.15) is 50.2 Å². The summed E-state index contributed by atoms with van der Waals surface area (Å²) >= 11 is 0. The van der Waals surface area contributed by atoms with E-state index in [1.807, 2.05) is 4.90 Å². The molecule has 21 heavy (non-hydrogen) atoms. The zero-order valence-corrected chi connectivity index (χ0v) is 12.7. The third-order valence-corrected chi connectivity index (χ3v) is 4.01. The maximum Gasteiger partial charge on any atom is 0.269 e. The highest BCUT2D eigenvalue weighted by Gasteiger charge is 2.32. The highest BCUT2D eigenvalue weighted by molar-refractivity contribution is 5.85. The number of rotatable bonds is 6. The van der Waals surface area contributed by atoms with Crippen LogP contribution in [0, 0.1) is 10.1 Å². The van der Waals surface area contributed by atoms with Crippen LogP contribution in [0.25, 0.3) is 0 Å². The van der Waals surface area contributed by atoms with Crippen LogP contribution < -0.4 is 0 Å². The van der Waals surface area contributed by atoms with Gasteiger partial charge >= 0.3 is 0 Å². The lowest BCUT2D eigenvalue weighted by molar-refractivity contribution is -0.384. The summed E-state index contributed by atoms with van der Waals surface area (Å²) in [6, 6.07) is 4.91. The molecule has 0 saturated heterocycles. The van der Waals surface area contributed by atoms with E-state index in [9.17, 15) is 14.9 Å². The van der Waals surface area contributed by atoms with Crippen molar-refractivity contribution in [3.8, 4) is 0 Å². The summed E-state index contributed by atoms with van der Waals surface area (Å²) < 4.78 is 0. The van der Waals surface area contributed by atoms with Crippen molar-refractivity contribution >= 4 is 11.6 Å². The minimum absolute atomic E-state index is 0.0750. The standard InChI is InChI=1S/C16H22N2O3/c1-3-9-17(10-4-2)16(19)14-8-6-12-5-7-13(18(20)21)11-15(12)14/h5,7,11,14H,3-4,6,8-10H2,1-2H3. The van der Waals surface area contributed by atoms with E-state index in [1.54, 1.807) is 12.1 Å². The SMILES string of the molecule is CCCN(CCC)C(=O)C1CCc2ccc([N+](=O)[O-])cc21. The van der Waals surface area contributed by atoms with Crippen LogP contribution in [0.5, 0.6) is 0 Å². The first-order chi connectivity index (χ1) is 10.1. The summed E-state index contributed by atoms with van der Waals surface area (Å²) in [4.78, 5) is 25.2. The number of hydrogen-bond donors (Lipinski definition) is 0. The largest absolute Gasteiger partial charge is 0.342 e. The fraction of sp³-hybridized carbons (Fsp3) is 0.562. The van der Waals surface area contributed by atoms with Gasteiger partial charge in [0.1, 0.15) is 0 Å². The molecule has 0 aromatic heterocycles. The second-order valence-corrected chi connectivity index (χ2v) is 5.56. The quantitative estimate of drug-likeness (QED) is 0.596. The third-order valence-electron chi connectivity index (χ3n) is 4.01. The predicted molar refractivity (Wildman–Crippen MR) is 81.3 cm³/mol. The van der Waals surface area contributed by atoms with Crippen molar-refractivity contribution < 1.29 is 9.72 Å². The van der Waals surface area contributed by atoms with Crippen molar-refractivity contribution in [3.05, 3.63) is 39.4 Å². The summed E-state index contributed by atoms with van der Waals surface area (Å²) in [6.45, 7) is 5.63. The Morgan fingerprint density at radius 2 is 2.00 bits per heavy atom. The van der Waals surface area contributed by atoms with Crippen molar-refractivity contribution in [1.82, 2.24) is 4.90 Å². The molecular formula is C16H22N2O3. The van der Waals surface area contributed by atoms with Gasteiger partial charge in [0.2, 0.25) is 5.91 Å². The topological polar surface area (TPSA) is 63.5 Å². The summed E-state index contributed by atoms with van der Waals surface area (Å²) in [5.41, 5.74) is 2.00. The molecule has 0 heterocycles. The first-order valence-corrected chi connectivity index (χ1v) is 7.64. The van der Waals surface area contributed by atoms with E-state index in [1.165, 1.54) is 6.07 Å². The predicted octanol–water partition coefficient (Wildman–Crippen LogP) is 3.27. The van der Waals surface area contributed by atoms with Crippen LogP contribution in [-0.2, 0) is 11.2 Å². The van der Waals surface area contributed by atoms with Crippen LogP contribution in [0.2, 0.25) is 0 Å². The molecule has 5 nitrogen and oxygen atoms in total. The first kappa shape index (κ1) is 15.5. The van der Waals surface area contributed by atoms with Gasteiger partial charge in [-0.05, 0) is 36.8 Å². The van der Waals surface area contributed by atoms with Crippen molar-refractivity contribution in [3.63, 3.8) is 0 Å². The molecule has 0 bridgehead atoms. The van der Waals surface area contributed by atoms with Gasteiger partial charge in [-0.3, -0.25) is 14.9 Å². The number of hydrogen-bond acceptors (Lipinski definition) is 3. The van der Waals surface area contributed by atoms with E-state index in [4.69, 9.17) is 0 Å². The second kappa shape index (κ2) is 6.70. The zero-order chi connectivity index (χ0) is 15.4. The van der Waals surface area contributed by atoms with Crippen molar-refractivity contribution in [2.45, 2.75) is 45.4 Å². The van der Waals surface area contributed by atoms with Crippen LogP contribution in [-0.4, -0.2) is 28.8 Å². The van der Waals surface area contributed by atoms with E-state index in [-0.39, 0.29) is 17.5 Å². The van der Waals surface area contributed by atoms with Crippen LogP contribution in [0.4, 0.5) is 5.69 Å². The van der Waals surface area contributed by atoms with Gasteiger partial charge in [0, 0.05) is 25.2 Å². The number of carbonyl (C=O) groups excluding carboxylic acids is 1. The van der Waals surface area contributed by atoms with E-state index in [0.29, 0.717) is 0 Å². The summed E-state index contributed by atoms with van der Waals surface area (Å²) in [5.74, 6) is -0.0871. The van der Waals surface area contributed by atoms with Crippen molar-refractivity contribution in [2.24, 2.45) is 0 Å². The van der Waals surface area contributed by atoms with Crippen LogP contribution in [0.15, 0.2) is 18.2 Å². The number of carbonyl (C=O) groups is 1. The minimum Gasteiger partial charge on any atom is -0.342 e. The maximum absolute atomic E-state index is 12.7. The Morgan fingerprint density at radius 1 is 1.33 bits per heavy atom.